The Morgan fingerprint density at radius 1 is 0.912 bits per heavy atom. The number of nitrogens with one attached hydrogen (secondary N) is 1. The Labute approximate surface area is 202 Å². The molecule has 0 aliphatic heterocycles. The van der Waals surface area contributed by atoms with E-state index in [0.717, 1.165) is 28.0 Å². The Bertz CT molecular complexity index is 1250. The molecule has 3 aromatic carbocycles. The number of anilines is 1. The molecule has 1 N–H and O–H groups in total. The molecule has 7 heteroatoms. The monoisotopic (exact) mass is 480 g/mol. The van der Waals surface area contributed by atoms with Gasteiger partial charge in [-0.15, -0.1) is 0 Å². The number of aryl methyl sites for hydroxylation is 4. The fourth-order valence-electron chi connectivity index (χ4n) is 3.65. The Kier molecular flexibility index (Phi) is 7.99. The van der Waals surface area contributed by atoms with E-state index >= 15 is 0 Å². The molecule has 0 heterocycles. The highest BCUT2D eigenvalue weighted by Crippen LogP contribution is 2.27. The van der Waals surface area contributed by atoms with E-state index in [9.17, 15) is 13.2 Å². The number of carbonyl (C=O) groups is 1. The summed E-state index contributed by atoms with van der Waals surface area (Å²) in [5.74, 6) is 0.346. The third-order valence-electron chi connectivity index (χ3n) is 5.51. The van der Waals surface area contributed by atoms with Crippen molar-refractivity contribution in [2.24, 2.45) is 0 Å². The van der Waals surface area contributed by atoms with Gasteiger partial charge in [-0.25, -0.2) is 8.42 Å². The van der Waals surface area contributed by atoms with Crippen LogP contribution in [-0.2, 0) is 14.8 Å². The first-order valence-electron chi connectivity index (χ1n) is 11.2. The quantitative estimate of drug-likeness (QED) is 0.482. The minimum atomic E-state index is -3.96. The molecule has 0 saturated carbocycles. The number of sulfonamides is 1. The SMILES string of the molecule is Cc1ccc(S(=O)(=O)N(CC(=O)NC(C)COc2ccccc2C)c2ccc(C)cc2C)cc1. The van der Waals surface area contributed by atoms with Crippen LogP contribution in [-0.4, -0.2) is 33.5 Å². The average molecular weight is 481 g/mol. The topological polar surface area (TPSA) is 75.7 Å². The summed E-state index contributed by atoms with van der Waals surface area (Å²) in [6.45, 7) is 9.39. The highest BCUT2D eigenvalue weighted by atomic mass is 32.2. The van der Waals surface area contributed by atoms with Gasteiger partial charge in [0.1, 0.15) is 18.9 Å². The average Bonchev–Trinajstić information content (AvgIpc) is 2.77. The fraction of sp³-hybridized carbons (Fsp3) is 0.296. The molecule has 6 nitrogen and oxygen atoms in total. The molecule has 0 spiro atoms. The highest BCUT2D eigenvalue weighted by molar-refractivity contribution is 7.92. The Hall–Kier alpha value is -3.32. The molecule has 3 rings (SSSR count). The first-order chi connectivity index (χ1) is 16.1. The number of para-hydroxylation sites is 1. The highest BCUT2D eigenvalue weighted by Gasteiger charge is 2.28. The maximum absolute atomic E-state index is 13.6. The second-order valence-corrected chi connectivity index (χ2v) is 10.5. The predicted molar refractivity (Wildman–Crippen MR) is 136 cm³/mol. The van der Waals surface area contributed by atoms with Gasteiger partial charge in [-0.05, 0) is 70.0 Å². The summed E-state index contributed by atoms with van der Waals surface area (Å²) in [5, 5.41) is 2.86. The third-order valence-corrected chi connectivity index (χ3v) is 7.28. The van der Waals surface area contributed by atoms with E-state index < -0.39 is 15.9 Å². The number of amides is 1. The van der Waals surface area contributed by atoms with Gasteiger partial charge in [0, 0.05) is 0 Å². The van der Waals surface area contributed by atoms with Crippen molar-refractivity contribution in [3.63, 3.8) is 0 Å². The van der Waals surface area contributed by atoms with Crippen molar-refractivity contribution < 1.29 is 17.9 Å². The second kappa shape index (κ2) is 10.7. The molecule has 0 radical (unpaired) electrons. The van der Waals surface area contributed by atoms with E-state index in [0.29, 0.717) is 5.69 Å². The summed E-state index contributed by atoms with van der Waals surface area (Å²) in [6.07, 6.45) is 0. The van der Waals surface area contributed by atoms with Crippen molar-refractivity contribution in [2.75, 3.05) is 17.5 Å². The number of ether oxygens (including phenoxy) is 1. The van der Waals surface area contributed by atoms with Gasteiger partial charge < -0.3 is 10.1 Å². The van der Waals surface area contributed by atoms with Crippen molar-refractivity contribution in [3.8, 4) is 5.75 Å². The van der Waals surface area contributed by atoms with E-state index in [-0.39, 0.29) is 24.1 Å². The maximum atomic E-state index is 13.6. The number of hydrogen-bond donors (Lipinski definition) is 1. The van der Waals surface area contributed by atoms with Crippen molar-refractivity contribution in [3.05, 3.63) is 89.0 Å². The normalized spacial score (nSPS) is 12.1. The lowest BCUT2D eigenvalue weighted by molar-refractivity contribution is -0.120. The molecule has 0 saturated heterocycles. The molecular formula is C27H32N2O4S. The Morgan fingerprint density at radius 3 is 2.21 bits per heavy atom. The zero-order valence-corrected chi connectivity index (χ0v) is 21.1. The molecule has 1 amide bonds. The first kappa shape index (κ1) is 25.3. The standard InChI is InChI=1S/C27H32N2O4S/c1-19-10-13-24(14-11-19)34(31,32)29(25-15-12-20(2)16-22(25)4)17-27(30)28-23(5)18-33-26-9-7-6-8-21(26)3/h6-16,23H,17-18H2,1-5H3,(H,28,30). The summed E-state index contributed by atoms with van der Waals surface area (Å²) in [4.78, 5) is 13.1. The van der Waals surface area contributed by atoms with Gasteiger partial charge in [0.15, 0.2) is 0 Å². The molecule has 3 aromatic rings. The maximum Gasteiger partial charge on any atom is 0.264 e. The van der Waals surface area contributed by atoms with Crippen molar-refractivity contribution in [1.29, 1.82) is 0 Å². The minimum absolute atomic E-state index is 0.141. The lowest BCUT2D eigenvalue weighted by atomic mass is 10.1. The Morgan fingerprint density at radius 2 is 1.56 bits per heavy atom. The number of carbonyl (C=O) groups excluding carboxylic acids is 1. The zero-order valence-electron chi connectivity index (χ0n) is 20.3. The van der Waals surface area contributed by atoms with Crippen LogP contribution < -0.4 is 14.4 Å². The molecule has 0 aromatic heterocycles. The van der Waals surface area contributed by atoms with Crippen molar-refractivity contribution in [2.45, 2.75) is 45.6 Å². The van der Waals surface area contributed by atoms with E-state index in [1.165, 1.54) is 4.31 Å². The summed E-state index contributed by atoms with van der Waals surface area (Å²) >= 11 is 0. The molecule has 0 aliphatic carbocycles. The lowest BCUT2D eigenvalue weighted by Gasteiger charge is -2.26. The second-order valence-electron chi connectivity index (χ2n) is 8.66. The largest absolute Gasteiger partial charge is 0.491 e. The van der Waals surface area contributed by atoms with E-state index in [2.05, 4.69) is 5.32 Å². The van der Waals surface area contributed by atoms with Gasteiger partial charge in [0.25, 0.3) is 10.0 Å². The number of benzene rings is 3. The van der Waals surface area contributed by atoms with Crippen LogP contribution in [0.1, 0.15) is 29.2 Å². The Balaban J connectivity index is 1.80. The molecule has 0 aliphatic rings. The molecule has 0 bridgehead atoms. The van der Waals surface area contributed by atoms with Gasteiger partial charge in [-0.2, -0.15) is 0 Å². The van der Waals surface area contributed by atoms with Crippen LogP contribution in [0.5, 0.6) is 5.75 Å². The van der Waals surface area contributed by atoms with Crippen LogP contribution in [0.15, 0.2) is 71.6 Å². The van der Waals surface area contributed by atoms with Gasteiger partial charge in [0.2, 0.25) is 5.91 Å². The molecule has 1 unspecified atom stereocenters. The lowest BCUT2D eigenvalue weighted by Crippen LogP contribution is -2.45. The summed E-state index contributed by atoms with van der Waals surface area (Å²) in [7, 11) is -3.96. The molecular weight excluding hydrogens is 448 g/mol. The predicted octanol–water partition coefficient (Wildman–Crippen LogP) is 4.70. The fourth-order valence-corrected chi connectivity index (χ4v) is 5.13. The van der Waals surface area contributed by atoms with E-state index in [1.807, 2.05) is 71.0 Å². The molecule has 180 valence electrons. The van der Waals surface area contributed by atoms with Gasteiger partial charge in [-0.1, -0.05) is 53.6 Å². The van der Waals surface area contributed by atoms with Crippen LogP contribution in [0, 0.1) is 27.7 Å². The minimum Gasteiger partial charge on any atom is -0.491 e. The van der Waals surface area contributed by atoms with Crippen LogP contribution in [0.4, 0.5) is 5.69 Å². The number of rotatable bonds is 9. The van der Waals surface area contributed by atoms with Crippen LogP contribution in [0.3, 0.4) is 0 Å². The van der Waals surface area contributed by atoms with Crippen LogP contribution in [0.2, 0.25) is 0 Å². The summed E-state index contributed by atoms with van der Waals surface area (Å²) in [5.41, 5.74) is 4.23. The van der Waals surface area contributed by atoms with Crippen molar-refractivity contribution in [1.82, 2.24) is 5.32 Å². The van der Waals surface area contributed by atoms with E-state index in [4.69, 9.17) is 4.74 Å². The molecule has 34 heavy (non-hydrogen) atoms. The summed E-state index contributed by atoms with van der Waals surface area (Å²) in [6, 6.07) is 19.5. The van der Waals surface area contributed by atoms with Gasteiger partial charge in [-0.3, -0.25) is 9.10 Å². The molecule has 0 fully saturated rings. The van der Waals surface area contributed by atoms with E-state index in [1.54, 1.807) is 30.3 Å². The third kappa shape index (κ3) is 6.17. The van der Waals surface area contributed by atoms with Crippen LogP contribution in [0.25, 0.3) is 0 Å². The first-order valence-corrected chi connectivity index (χ1v) is 12.7. The number of hydrogen-bond acceptors (Lipinski definition) is 4. The van der Waals surface area contributed by atoms with Gasteiger partial charge >= 0.3 is 0 Å². The molecule has 1 atom stereocenters. The van der Waals surface area contributed by atoms with Crippen molar-refractivity contribution >= 4 is 21.6 Å². The van der Waals surface area contributed by atoms with Gasteiger partial charge in [0.05, 0.1) is 16.6 Å². The number of nitrogens with zero attached hydrogens (tertiary/aromatic N) is 1. The zero-order chi connectivity index (χ0) is 24.9. The summed E-state index contributed by atoms with van der Waals surface area (Å²) < 4.78 is 34.1. The smallest absolute Gasteiger partial charge is 0.264 e. The van der Waals surface area contributed by atoms with Crippen LogP contribution >= 0.6 is 0 Å².